The first kappa shape index (κ1) is 21.2. The van der Waals surface area contributed by atoms with Crippen molar-refractivity contribution in [2.24, 2.45) is 0 Å². The molecule has 3 heterocycles. The lowest BCUT2D eigenvalue weighted by Gasteiger charge is -2.24. The number of anilines is 2. The second-order valence-electron chi connectivity index (χ2n) is 8.60. The van der Waals surface area contributed by atoms with E-state index >= 15 is 0 Å². The average Bonchev–Trinajstić information content (AvgIpc) is 3.35. The quantitative estimate of drug-likeness (QED) is 0.489. The fourth-order valence-electron chi connectivity index (χ4n) is 4.13. The van der Waals surface area contributed by atoms with Crippen LogP contribution in [0.3, 0.4) is 0 Å². The average molecular weight is 451 g/mol. The molecule has 0 bridgehead atoms. The van der Waals surface area contributed by atoms with Crippen molar-refractivity contribution in [3.8, 4) is 5.69 Å². The number of aryl methyl sites for hydroxylation is 2. The Hall–Kier alpha value is -3.66. The summed E-state index contributed by atoms with van der Waals surface area (Å²) in [5.41, 5.74) is 0.707. The van der Waals surface area contributed by atoms with Gasteiger partial charge in [0.05, 0.1) is 5.60 Å². The molecule has 2 aromatic carbocycles. The van der Waals surface area contributed by atoms with Crippen LogP contribution in [0.5, 0.6) is 0 Å². The van der Waals surface area contributed by atoms with Crippen molar-refractivity contribution in [1.29, 1.82) is 0 Å². The first-order chi connectivity index (χ1) is 15.8. The maximum atomic E-state index is 14.7. The van der Waals surface area contributed by atoms with E-state index in [1.54, 1.807) is 42.8 Å². The molecule has 2 atom stereocenters. The topological polar surface area (TPSA) is 93.7 Å². The van der Waals surface area contributed by atoms with E-state index in [-0.39, 0.29) is 17.4 Å². The highest BCUT2D eigenvalue weighted by Crippen LogP contribution is 2.37. The molecule has 4 aromatic rings. The smallest absolute Gasteiger partial charge is 0.246 e. The molecule has 0 spiro atoms. The summed E-state index contributed by atoms with van der Waals surface area (Å²) in [4.78, 5) is 8.68. The largest absolute Gasteiger partial charge is 0.390 e. The van der Waals surface area contributed by atoms with Gasteiger partial charge in [0, 0.05) is 18.2 Å². The Morgan fingerprint density at radius 1 is 1.12 bits per heavy atom. The molecule has 0 saturated carbocycles. The molecule has 33 heavy (non-hydrogen) atoms. The zero-order chi connectivity index (χ0) is 23.2. The van der Waals surface area contributed by atoms with Gasteiger partial charge >= 0.3 is 0 Å². The Kier molecular flexibility index (Phi) is 5.16. The van der Waals surface area contributed by atoms with Crippen LogP contribution in [0.1, 0.15) is 42.9 Å². The molecule has 0 aliphatic carbocycles. The van der Waals surface area contributed by atoms with E-state index in [0.717, 1.165) is 5.56 Å². The number of nitrogens with one attached hydrogen (secondary N) is 1. The van der Waals surface area contributed by atoms with Crippen LogP contribution in [0.25, 0.3) is 5.69 Å². The Morgan fingerprint density at radius 3 is 2.61 bits per heavy atom. The number of aromatic nitrogens is 6. The third-order valence-electron chi connectivity index (χ3n) is 5.85. The maximum absolute atomic E-state index is 14.7. The van der Waals surface area contributed by atoms with Crippen molar-refractivity contribution < 1.29 is 13.9 Å². The zero-order valence-electron chi connectivity index (χ0n) is 18.2. The fraction of sp³-hybridized carbons (Fsp3) is 0.304. The molecule has 10 heteroatoms. The lowest BCUT2D eigenvalue weighted by atomic mass is 9.86. The summed E-state index contributed by atoms with van der Waals surface area (Å²) in [5, 5.41) is 22.5. The van der Waals surface area contributed by atoms with E-state index in [9.17, 15) is 13.9 Å². The lowest BCUT2D eigenvalue weighted by Crippen LogP contribution is -2.26. The van der Waals surface area contributed by atoms with Gasteiger partial charge in [-0.2, -0.15) is 10.1 Å². The first-order valence-electron chi connectivity index (χ1n) is 10.7. The molecule has 5 rings (SSSR count). The summed E-state index contributed by atoms with van der Waals surface area (Å²) in [6, 6.07) is 10.9. The SMILES string of the molecule is Cc1ncn(-c2ccc(Nc3nc4n(n3)CC[C@@](C)(O)C[C@@H]4c3ccc(F)cc3)cc2F)n1. The highest BCUT2D eigenvalue weighted by molar-refractivity contribution is 5.56. The lowest BCUT2D eigenvalue weighted by molar-refractivity contribution is 0.0384. The number of aliphatic hydroxyl groups is 1. The van der Waals surface area contributed by atoms with Crippen molar-refractivity contribution in [2.75, 3.05) is 5.32 Å². The maximum Gasteiger partial charge on any atom is 0.246 e. The van der Waals surface area contributed by atoms with Crippen molar-refractivity contribution in [1.82, 2.24) is 29.5 Å². The third-order valence-corrected chi connectivity index (χ3v) is 5.85. The van der Waals surface area contributed by atoms with Crippen LogP contribution in [-0.2, 0) is 6.54 Å². The summed E-state index contributed by atoms with van der Waals surface area (Å²) in [7, 11) is 0. The van der Waals surface area contributed by atoms with Crippen molar-refractivity contribution >= 4 is 11.6 Å². The molecule has 0 saturated heterocycles. The van der Waals surface area contributed by atoms with E-state index in [4.69, 9.17) is 0 Å². The predicted molar refractivity (Wildman–Crippen MR) is 117 cm³/mol. The van der Waals surface area contributed by atoms with Gasteiger partial charge in [-0.1, -0.05) is 12.1 Å². The molecule has 0 unspecified atom stereocenters. The van der Waals surface area contributed by atoms with E-state index in [1.165, 1.54) is 29.2 Å². The minimum absolute atomic E-state index is 0.263. The Labute approximate surface area is 188 Å². The molecule has 0 radical (unpaired) electrons. The Balaban J connectivity index is 1.44. The van der Waals surface area contributed by atoms with Crippen LogP contribution < -0.4 is 5.32 Å². The van der Waals surface area contributed by atoms with Gasteiger partial charge in [0.15, 0.2) is 5.82 Å². The van der Waals surface area contributed by atoms with Crippen LogP contribution in [0.15, 0.2) is 48.8 Å². The first-order valence-corrected chi connectivity index (χ1v) is 10.7. The van der Waals surface area contributed by atoms with Crippen molar-refractivity contribution in [3.63, 3.8) is 0 Å². The van der Waals surface area contributed by atoms with E-state index in [0.29, 0.717) is 42.7 Å². The van der Waals surface area contributed by atoms with Gasteiger partial charge < -0.3 is 10.4 Å². The summed E-state index contributed by atoms with van der Waals surface area (Å²) >= 11 is 0. The number of benzene rings is 2. The molecule has 1 aliphatic rings. The van der Waals surface area contributed by atoms with Gasteiger partial charge in [0.1, 0.15) is 29.5 Å². The number of hydrogen-bond donors (Lipinski definition) is 2. The van der Waals surface area contributed by atoms with Gasteiger partial charge in [0.25, 0.3) is 0 Å². The second-order valence-corrected chi connectivity index (χ2v) is 8.60. The highest BCUT2D eigenvalue weighted by Gasteiger charge is 2.34. The molecule has 1 aliphatic heterocycles. The fourth-order valence-corrected chi connectivity index (χ4v) is 4.13. The van der Waals surface area contributed by atoms with E-state index in [2.05, 4.69) is 25.5 Å². The molecule has 2 N–H and O–H groups in total. The van der Waals surface area contributed by atoms with Crippen LogP contribution in [0.2, 0.25) is 0 Å². The van der Waals surface area contributed by atoms with Crippen LogP contribution in [-0.4, -0.2) is 40.2 Å². The van der Waals surface area contributed by atoms with Gasteiger partial charge in [-0.3, -0.25) is 0 Å². The zero-order valence-corrected chi connectivity index (χ0v) is 18.2. The number of rotatable bonds is 4. The van der Waals surface area contributed by atoms with E-state index < -0.39 is 11.4 Å². The normalized spacial score (nSPS) is 20.3. The summed E-state index contributed by atoms with van der Waals surface area (Å²) in [5.74, 6) is 0.482. The molecule has 0 fully saturated rings. The third kappa shape index (κ3) is 4.34. The predicted octanol–water partition coefficient (Wildman–Crippen LogP) is 3.87. The van der Waals surface area contributed by atoms with E-state index in [1.807, 2.05) is 0 Å². The minimum atomic E-state index is -0.909. The molecular formula is C23H23F2N7O. The molecule has 8 nitrogen and oxygen atoms in total. The minimum Gasteiger partial charge on any atom is -0.390 e. The number of fused-ring (bicyclic) bond motifs is 1. The van der Waals surface area contributed by atoms with Gasteiger partial charge in [-0.25, -0.2) is 23.1 Å². The van der Waals surface area contributed by atoms with Crippen molar-refractivity contribution in [3.05, 3.63) is 77.6 Å². The standard InChI is InChI=1S/C23H23F2N7O/c1-14-26-13-32(29-14)20-8-7-17(11-19(20)25)27-22-28-21-18(15-3-5-16(24)6-4-15)12-23(2,33)9-10-31(21)30-22/h3-8,11,13,18,33H,9-10,12H2,1-2H3,(H,27,30)/t18-,23-/m1/s1. The highest BCUT2D eigenvalue weighted by atomic mass is 19.1. The van der Waals surface area contributed by atoms with Gasteiger partial charge in [-0.15, -0.1) is 5.10 Å². The Morgan fingerprint density at radius 2 is 1.91 bits per heavy atom. The summed E-state index contributed by atoms with van der Waals surface area (Å²) in [6.45, 7) is 4.00. The number of halogens is 2. The van der Waals surface area contributed by atoms with Crippen LogP contribution in [0, 0.1) is 18.6 Å². The van der Waals surface area contributed by atoms with Gasteiger partial charge in [-0.05, 0) is 62.6 Å². The molecule has 0 amide bonds. The Bertz CT molecular complexity index is 1300. The van der Waals surface area contributed by atoms with Crippen molar-refractivity contribution in [2.45, 2.75) is 44.8 Å². The molecule has 2 aromatic heterocycles. The summed E-state index contributed by atoms with van der Waals surface area (Å²) in [6.07, 6.45) is 2.39. The number of hydrogen-bond acceptors (Lipinski definition) is 6. The summed E-state index contributed by atoms with van der Waals surface area (Å²) < 4.78 is 31.3. The number of nitrogens with zero attached hydrogens (tertiary/aromatic N) is 6. The van der Waals surface area contributed by atoms with Crippen LogP contribution in [0.4, 0.5) is 20.4 Å². The second kappa shape index (κ2) is 8.04. The molecule has 170 valence electrons. The monoisotopic (exact) mass is 451 g/mol. The van der Waals surface area contributed by atoms with Gasteiger partial charge in [0.2, 0.25) is 5.95 Å². The van der Waals surface area contributed by atoms with Crippen LogP contribution >= 0.6 is 0 Å². The molecular weight excluding hydrogens is 428 g/mol.